The molecule has 0 unspecified atom stereocenters. The zero-order valence-electron chi connectivity index (χ0n) is 13.3. The minimum Gasteiger partial charge on any atom is -0.322 e. The summed E-state index contributed by atoms with van der Waals surface area (Å²) in [5, 5.41) is 8.16. The summed E-state index contributed by atoms with van der Waals surface area (Å²) in [7, 11) is 0. The highest BCUT2D eigenvalue weighted by Crippen LogP contribution is 2.31. The predicted octanol–water partition coefficient (Wildman–Crippen LogP) is 5.95. The molecule has 1 aromatic heterocycles. The first kappa shape index (κ1) is 18.3. The van der Waals surface area contributed by atoms with Crippen LogP contribution in [-0.2, 0) is 0 Å². The number of thiophene rings is 1. The van der Waals surface area contributed by atoms with Crippen LogP contribution in [0, 0.1) is 0 Å². The third-order valence-corrected chi connectivity index (χ3v) is 4.80. The number of carbonyl (C=O) groups excluding carboxylic acids is 2. The van der Waals surface area contributed by atoms with Crippen LogP contribution in [0.4, 0.5) is 21.9 Å². The van der Waals surface area contributed by atoms with Crippen molar-refractivity contribution in [2.45, 2.75) is 0 Å². The van der Waals surface area contributed by atoms with Gasteiger partial charge in [-0.1, -0.05) is 47.5 Å². The lowest BCUT2D eigenvalue weighted by molar-refractivity contribution is 0.102. The van der Waals surface area contributed by atoms with Gasteiger partial charge in [0, 0.05) is 17.1 Å². The molecule has 0 saturated heterocycles. The first-order valence-electron chi connectivity index (χ1n) is 7.50. The van der Waals surface area contributed by atoms with E-state index in [1.54, 1.807) is 36.4 Å². The van der Waals surface area contributed by atoms with Crippen molar-refractivity contribution in [2.24, 2.45) is 0 Å². The van der Waals surface area contributed by atoms with Gasteiger partial charge in [0.25, 0.3) is 5.91 Å². The Labute approximate surface area is 163 Å². The standard InChI is InChI=1S/C18H13Cl2N3O2S/c19-15-10-14(16(20)26-15)17(24)21-12-7-4-8-13(9-12)23-18(25)22-11-5-2-1-3-6-11/h1-10H,(H,21,24)(H2,22,23,25). The first-order valence-corrected chi connectivity index (χ1v) is 9.08. The van der Waals surface area contributed by atoms with E-state index in [0.717, 1.165) is 11.3 Å². The van der Waals surface area contributed by atoms with Gasteiger partial charge in [0.1, 0.15) is 4.34 Å². The minimum atomic E-state index is -0.382. The quantitative estimate of drug-likeness (QED) is 0.501. The number of para-hydroxylation sites is 1. The van der Waals surface area contributed by atoms with E-state index in [9.17, 15) is 9.59 Å². The third kappa shape index (κ3) is 4.76. The molecule has 3 amide bonds. The van der Waals surface area contributed by atoms with E-state index in [4.69, 9.17) is 23.2 Å². The van der Waals surface area contributed by atoms with Crippen LogP contribution >= 0.6 is 34.5 Å². The highest BCUT2D eigenvalue weighted by atomic mass is 35.5. The SMILES string of the molecule is O=C(Nc1ccccc1)Nc1cccc(NC(=O)c2cc(Cl)sc2Cl)c1. The number of carbonyl (C=O) groups is 2. The van der Waals surface area contributed by atoms with Crippen LogP contribution in [-0.4, -0.2) is 11.9 Å². The summed E-state index contributed by atoms with van der Waals surface area (Å²) in [4.78, 5) is 24.3. The highest BCUT2D eigenvalue weighted by Gasteiger charge is 2.14. The summed E-state index contributed by atoms with van der Waals surface area (Å²) >= 11 is 13.0. The van der Waals surface area contributed by atoms with E-state index in [-0.39, 0.29) is 11.9 Å². The molecule has 0 aliphatic rings. The second-order valence-electron chi connectivity index (χ2n) is 5.22. The molecule has 0 spiro atoms. The van der Waals surface area contributed by atoms with Crippen LogP contribution in [0.15, 0.2) is 60.7 Å². The molecular weight excluding hydrogens is 393 g/mol. The van der Waals surface area contributed by atoms with E-state index in [2.05, 4.69) is 16.0 Å². The average Bonchev–Trinajstić information content (AvgIpc) is 2.94. The first-order chi connectivity index (χ1) is 12.5. The largest absolute Gasteiger partial charge is 0.323 e. The number of halogens is 2. The van der Waals surface area contributed by atoms with Crippen LogP contribution in [0.1, 0.15) is 10.4 Å². The smallest absolute Gasteiger partial charge is 0.322 e. The van der Waals surface area contributed by atoms with Gasteiger partial charge in [0.05, 0.1) is 9.90 Å². The van der Waals surface area contributed by atoms with Crippen molar-refractivity contribution < 1.29 is 9.59 Å². The Morgan fingerprint density at radius 2 is 1.38 bits per heavy atom. The fraction of sp³-hybridized carbons (Fsp3) is 0. The molecule has 3 N–H and O–H groups in total. The lowest BCUT2D eigenvalue weighted by Crippen LogP contribution is -2.19. The van der Waals surface area contributed by atoms with E-state index < -0.39 is 0 Å². The van der Waals surface area contributed by atoms with Crippen LogP contribution in [0.5, 0.6) is 0 Å². The Hall–Kier alpha value is -2.54. The number of urea groups is 1. The van der Waals surface area contributed by atoms with Gasteiger partial charge in [-0.25, -0.2) is 4.79 Å². The van der Waals surface area contributed by atoms with Crippen molar-refractivity contribution in [3.63, 3.8) is 0 Å². The zero-order valence-corrected chi connectivity index (χ0v) is 15.6. The molecule has 26 heavy (non-hydrogen) atoms. The normalized spacial score (nSPS) is 10.2. The Morgan fingerprint density at radius 3 is 2.04 bits per heavy atom. The van der Waals surface area contributed by atoms with Crippen molar-refractivity contribution in [1.82, 2.24) is 0 Å². The van der Waals surface area contributed by atoms with Crippen LogP contribution in [0.2, 0.25) is 8.67 Å². The molecule has 0 aliphatic carbocycles. The van der Waals surface area contributed by atoms with Gasteiger partial charge < -0.3 is 16.0 Å². The molecule has 8 heteroatoms. The van der Waals surface area contributed by atoms with Gasteiger partial charge in [0.2, 0.25) is 0 Å². The van der Waals surface area contributed by atoms with Crippen molar-refractivity contribution in [2.75, 3.05) is 16.0 Å². The average molecular weight is 406 g/mol. The molecule has 0 bridgehead atoms. The van der Waals surface area contributed by atoms with Gasteiger partial charge in [-0.05, 0) is 36.4 Å². The number of amides is 3. The summed E-state index contributed by atoms with van der Waals surface area (Å²) in [5.41, 5.74) is 2.04. The van der Waals surface area contributed by atoms with E-state index in [1.165, 1.54) is 6.07 Å². The van der Waals surface area contributed by atoms with Gasteiger partial charge in [-0.2, -0.15) is 0 Å². The molecule has 2 aromatic carbocycles. The molecule has 0 radical (unpaired) electrons. The number of rotatable bonds is 4. The van der Waals surface area contributed by atoms with Crippen molar-refractivity contribution >= 4 is 63.5 Å². The number of benzene rings is 2. The molecule has 0 atom stereocenters. The molecule has 0 aliphatic heterocycles. The van der Waals surface area contributed by atoms with Gasteiger partial charge >= 0.3 is 6.03 Å². The van der Waals surface area contributed by atoms with E-state index in [0.29, 0.717) is 31.3 Å². The number of anilines is 3. The van der Waals surface area contributed by atoms with E-state index >= 15 is 0 Å². The molecule has 0 saturated carbocycles. The second kappa shape index (κ2) is 8.23. The predicted molar refractivity (Wildman–Crippen MR) is 108 cm³/mol. The summed E-state index contributed by atoms with van der Waals surface area (Å²) < 4.78 is 0.761. The van der Waals surface area contributed by atoms with Crippen molar-refractivity contribution in [1.29, 1.82) is 0 Å². The molecule has 1 heterocycles. The number of hydrogen-bond donors (Lipinski definition) is 3. The number of hydrogen-bond acceptors (Lipinski definition) is 3. The van der Waals surface area contributed by atoms with Gasteiger partial charge in [-0.3, -0.25) is 4.79 Å². The molecular formula is C18H13Cl2N3O2S. The zero-order chi connectivity index (χ0) is 18.5. The molecule has 5 nitrogen and oxygen atoms in total. The molecule has 3 rings (SSSR count). The van der Waals surface area contributed by atoms with Crippen LogP contribution in [0.3, 0.4) is 0 Å². The molecule has 3 aromatic rings. The Morgan fingerprint density at radius 1 is 0.769 bits per heavy atom. The van der Waals surface area contributed by atoms with Crippen molar-refractivity contribution in [3.05, 3.63) is 74.9 Å². The Kier molecular flexibility index (Phi) is 5.78. The molecule has 132 valence electrons. The fourth-order valence-corrected chi connectivity index (χ4v) is 3.64. The minimum absolute atomic E-state index is 0.307. The van der Waals surface area contributed by atoms with Gasteiger partial charge in [-0.15, -0.1) is 11.3 Å². The van der Waals surface area contributed by atoms with E-state index in [1.807, 2.05) is 18.2 Å². The molecule has 0 fully saturated rings. The maximum atomic E-state index is 12.3. The maximum absolute atomic E-state index is 12.3. The van der Waals surface area contributed by atoms with Crippen LogP contribution in [0.25, 0.3) is 0 Å². The fourth-order valence-electron chi connectivity index (χ4n) is 2.18. The summed E-state index contributed by atoms with van der Waals surface area (Å²) in [6.07, 6.45) is 0. The van der Waals surface area contributed by atoms with Crippen molar-refractivity contribution in [3.8, 4) is 0 Å². The van der Waals surface area contributed by atoms with Gasteiger partial charge in [0.15, 0.2) is 0 Å². The maximum Gasteiger partial charge on any atom is 0.323 e. The lowest BCUT2D eigenvalue weighted by atomic mass is 10.2. The number of nitrogens with one attached hydrogen (secondary N) is 3. The summed E-state index contributed by atoms with van der Waals surface area (Å²) in [6.45, 7) is 0. The monoisotopic (exact) mass is 405 g/mol. The summed E-state index contributed by atoms with van der Waals surface area (Å²) in [5.74, 6) is -0.371. The summed E-state index contributed by atoms with van der Waals surface area (Å²) in [6, 6.07) is 17.0. The second-order valence-corrected chi connectivity index (χ2v) is 7.50. The van der Waals surface area contributed by atoms with Crippen LogP contribution < -0.4 is 16.0 Å². The lowest BCUT2D eigenvalue weighted by Gasteiger charge is -2.10. The topological polar surface area (TPSA) is 70.2 Å². The third-order valence-electron chi connectivity index (χ3n) is 3.31. The Balaban J connectivity index is 1.65. The Bertz CT molecular complexity index is 945. The highest BCUT2D eigenvalue weighted by molar-refractivity contribution is 7.20.